The van der Waals surface area contributed by atoms with Crippen LogP contribution >= 0.6 is 0 Å². The van der Waals surface area contributed by atoms with Crippen LogP contribution in [0.1, 0.15) is 34.1 Å². The molecule has 0 radical (unpaired) electrons. The Balaban J connectivity index is 3.31. The fourth-order valence-electron chi connectivity index (χ4n) is 2.19. The normalized spacial score (nSPS) is 10.6. The van der Waals surface area contributed by atoms with Crippen molar-refractivity contribution in [2.75, 3.05) is 23.3 Å². The van der Waals surface area contributed by atoms with E-state index in [0.29, 0.717) is 17.9 Å². The summed E-state index contributed by atoms with van der Waals surface area (Å²) >= 11 is 0. The molecule has 1 aromatic rings. The molecule has 5 heteroatoms. The number of benzene rings is 1. The van der Waals surface area contributed by atoms with Crippen molar-refractivity contribution in [2.24, 2.45) is 0 Å². The molecule has 0 atom stereocenters. The van der Waals surface area contributed by atoms with Gasteiger partial charge in [0.25, 0.3) is 0 Å². The summed E-state index contributed by atoms with van der Waals surface area (Å²) in [5, 5.41) is 14.5. The van der Waals surface area contributed by atoms with Crippen molar-refractivity contribution in [2.45, 2.75) is 40.2 Å². The first-order chi connectivity index (χ1) is 9.02. The molecular formula is C14H23N3O2. The highest BCUT2D eigenvalue weighted by Crippen LogP contribution is 2.36. The van der Waals surface area contributed by atoms with Crippen molar-refractivity contribution in [1.29, 1.82) is 0 Å². The summed E-state index contributed by atoms with van der Waals surface area (Å²) in [5.74, 6) is 0. The molecule has 19 heavy (non-hydrogen) atoms. The monoisotopic (exact) mass is 265 g/mol. The molecule has 106 valence electrons. The van der Waals surface area contributed by atoms with E-state index in [9.17, 15) is 10.1 Å². The summed E-state index contributed by atoms with van der Waals surface area (Å²) < 4.78 is 0. The summed E-state index contributed by atoms with van der Waals surface area (Å²) in [6.07, 6.45) is 0.959. The molecule has 0 heterocycles. The first-order valence-electron chi connectivity index (χ1n) is 6.80. The van der Waals surface area contributed by atoms with Gasteiger partial charge in [-0.2, -0.15) is 0 Å². The summed E-state index contributed by atoms with van der Waals surface area (Å²) in [4.78, 5) is 13.2. The first kappa shape index (κ1) is 15.3. The minimum Gasteiger partial charge on any atom is -0.380 e. The van der Waals surface area contributed by atoms with E-state index in [1.165, 1.54) is 0 Å². The van der Waals surface area contributed by atoms with Crippen LogP contribution in [0.4, 0.5) is 17.1 Å². The largest absolute Gasteiger partial charge is 0.380 e. The number of nitrogens with one attached hydrogen (secondary N) is 1. The Hall–Kier alpha value is -1.78. The molecule has 1 N–H and O–H groups in total. The predicted octanol–water partition coefficient (Wildman–Crippen LogP) is 3.65. The van der Waals surface area contributed by atoms with Crippen LogP contribution in [-0.2, 0) is 0 Å². The van der Waals surface area contributed by atoms with Crippen molar-refractivity contribution in [1.82, 2.24) is 0 Å². The lowest BCUT2D eigenvalue weighted by Crippen LogP contribution is -2.32. The van der Waals surface area contributed by atoms with Crippen LogP contribution in [0.3, 0.4) is 0 Å². The lowest BCUT2D eigenvalue weighted by atomic mass is 10.1. The van der Waals surface area contributed by atoms with Crippen LogP contribution in [0.2, 0.25) is 0 Å². The maximum atomic E-state index is 11.4. The third kappa shape index (κ3) is 3.59. The second-order valence-corrected chi connectivity index (χ2v) is 4.75. The van der Waals surface area contributed by atoms with Gasteiger partial charge in [-0.1, -0.05) is 13.0 Å². The van der Waals surface area contributed by atoms with E-state index in [0.717, 1.165) is 13.0 Å². The zero-order valence-electron chi connectivity index (χ0n) is 12.1. The van der Waals surface area contributed by atoms with Gasteiger partial charge in [0.2, 0.25) is 0 Å². The smallest absolute Gasteiger partial charge is 0.315 e. The molecule has 0 bridgehead atoms. The molecule has 0 amide bonds. The zero-order chi connectivity index (χ0) is 14.4. The van der Waals surface area contributed by atoms with Gasteiger partial charge in [-0.15, -0.1) is 0 Å². The number of hydrogen-bond donors (Lipinski definition) is 1. The van der Waals surface area contributed by atoms with Gasteiger partial charge in [0.15, 0.2) is 0 Å². The molecule has 0 fully saturated rings. The zero-order valence-corrected chi connectivity index (χ0v) is 12.1. The third-order valence-corrected chi connectivity index (χ3v) is 2.96. The fraction of sp³-hybridized carbons (Fsp3) is 0.571. The van der Waals surface area contributed by atoms with Gasteiger partial charge in [0, 0.05) is 19.1 Å². The van der Waals surface area contributed by atoms with Crippen LogP contribution in [0, 0.1) is 10.1 Å². The lowest BCUT2D eigenvalue weighted by Gasteiger charge is -2.28. The summed E-state index contributed by atoms with van der Waals surface area (Å²) in [6.45, 7) is 9.60. The number of nitro benzene ring substituents is 1. The Labute approximate surface area is 114 Å². The molecule has 5 nitrogen and oxygen atoms in total. The lowest BCUT2D eigenvalue weighted by molar-refractivity contribution is -0.383. The van der Waals surface area contributed by atoms with E-state index in [1.807, 2.05) is 19.1 Å². The van der Waals surface area contributed by atoms with Gasteiger partial charge in [-0.3, -0.25) is 10.1 Å². The predicted molar refractivity (Wildman–Crippen MR) is 80.0 cm³/mol. The molecule has 0 saturated carbocycles. The van der Waals surface area contributed by atoms with Crippen LogP contribution < -0.4 is 10.2 Å². The Morgan fingerprint density at radius 3 is 2.53 bits per heavy atom. The van der Waals surface area contributed by atoms with E-state index in [-0.39, 0.29) is 16.7 Å². The van der Waals surface area contributed by atoms with Gasteiger partial charge < -0.3 is 10.2 Å². The van der Waals surface area contributed by atoms with Gasteiger partial charge >= 0.3 is 5.69 Å². The number of nitrogens with zero attached hydrogens (tertiary/aromatic N) is 2. The summed E-state index contributed by atoms with van der Waals surface area (Å²) in [5.41, 5.74) is 1.46. The van der Waals surface area contributed by atoms with Crippen LogP contribution in [0.5, 0.6) is 0 Å². The highest BCUT2D eigenvalue weighted by Gasteiger charge is 2.24. The maximum Gasteiger partial charge on any atom is 0.315 e. The third-order valence-electron chi connectivity index (χ3n) is 2.96. The van der Waals surface area contributed by atoms with E-state index >= 15 is 0 Å². The Bertz CT molecular complexity index is 433. The van der Waals surface area contributed by atoms with Crippen molar-refractivity contribution in [3.8, 4) is 0 Å². The Kier molecular flexibility index (Phi) is 5.60. The van der Waals surface area contributed by atoms with Crippen LogP contribution in [0.15, 0.2) is 18.2 Å². The minimum absolute atomic E-state index is 0.173. The number of hydrogen-bond acceptors (Lipinski definition) is 4. The van der Waals surface area contributed by atoms with Crippen molar-refractivity contribution in [3.05, 3.63) is 28.3 Å². The Morgan fingerprint density at radius 2 is 2.05 bits per heavy atom. The number of para-hydroxylation sites is 1. The molecule has 0 saturated heterocycles. The highest BCUT2D eigenvalue weighted by molar-refractivity contribution is 5.77. The van der Waals surface area contributed by atoms with Crippen molar-refractivity contribution >= 4 is 17.1 Å². The molecule has 1 aromatic carbocycles. The number of nitro groups is 1. The SMILES string of the molecule is CCCN(c1cccc(NCC)c1[N+](=O)[O-])C(C)C. The van der Waals surface area contributed by atoms with E-state index in [2.05, 4.69) is 31.0 Å². The van der Waals surface area contributed by atoms with Gasteiger partial charge in [-0.25, -0.2) is 0 Å². The van der Waals surface area contributed by atoms with E-state index in [4.69, 9.17) is 0 Å². The average Bonchev–Trinajstić information content (AvgIpc) is 2.35. The van der Waals surface area contributed by atoms with E-state index in [1.54, 1.807) is 6.07 Å². The van der Waals surface area contributed by atoms with Crippen LogP contribution in [0.25, 0.3) is 0 Å². The van der Waals surface area contributed by atoms with Gasteiger partial charge in [0.1, 0.15) is 11.4 Å². The van der Waals surface area contributed by atoms with E-state index < -0.39 is 0 Å². The summed E-state index contributed by atoms with van der Waals surface area (Å²) in [7, 11) is 0. The molecular weight excluding hydrogens is 242 g/mol. The standard InChI is InChI=1S/C14H23N3O2/c1-5-10-16(11(3)4)13-9-7-8-12(15-6-2)14(13)17(18)19/h7-9,11,15H,5-6,10H2,1-4H3. The molecule has 0 aromatic heterocycles. The molecule has 0 aliphatic carbocycles. The second-order valence-electron chi connectivity index (χ2n) is 4.75. The van der Waals surface area contributed by atoms with Gasteiger partial charge in [-0.05, 0) is 39.3 Å². The average molecular weight is 265 g/mol. The highest BCUT2D eigenvalue weighted by atomic mass is 16.6. The minimum atomic E-state index is -0.293. The molecule has 0 aliphatic rings. The van der Waals surface area contributed by atoms with Crippen LogP contribution in [-0.4, -0.2) is 24.1 Å². The number of rotatable bonds is 7. The fourth-order valence-corrected chi connectivity index (χ4v) is 2.19. The molecule has 0 unspecified atom stereocenters. The Morgan fingerprint density at radius 1 is 1.37 bits per heavy atom. The van der Waals surface area contributed by atoms with Gasteiger partial charge in [0.05, 0.1) is 4.92 Å². The summed E-state index contributed by atoms with van der Waals surface area (Å²) in [6, 6.07) is 5.69. The quantitative estimate of drug-likeness (QED) is 0.604. The maximum absolute atomic E-state index is 11.4. The molecule has 0 spiro atoms. The molecule has 0 aliphatic heterocycles. The first-order valence-corrected chi connectivity index (χ1v) is 6.80. The second kappa shape index (κ2) is 6.97. The molecule has 1 rings (SSSR count). The van der Waals surface area contributed by atoms with Crippen molar-refractivity contribution < 1.29 is 4.92 Å². The van der Waals surface area contributed by atoms with Crippen molar-refractivity contribution in [3.63, 3.8) is 0 Å². The topological polar surface area (TPSA) is 58.4 Å². The number of anilines is 2.